The zero-order valence-corrected chi connectivity index (χ0v) is 15.0. The summed E-state index contributed by atoms with van der Waals surface area (Å²) in [5.41, 5.74) is 3.22. The number of guanidine groups is 1. The first-order chi connectivity index (χ1) is 12.2. The summed E-state index contributed by atoms with van der Waals surface area (Å²) in [4.78, 5) is 9.06. The van der Waals surface area contributed by atoms with Gasteiger partial charge in [0.2, 0.25) is 0 Å². The van der Waals surface area contributed by atoms with E-state index in [4.69, 9.17) is 4.74 Å². The topological polar surface area (TPSA) is 58.5 Å². The lowest BCUT2D eigenvalue weighted by molar-refractivity contribution is 0.359. The molecule has 1 aromatic heterocycles. The van der Waals surface area contributed by atoms with Crippen molar-refractivity contribution in [2.75, 3.05) is 13.2 Å². The third-order valence-corrected chi connectivity index (χ3v) is 3.62. The summed E-state index contributed by atoms with van der Waals surface area (Å²) in [6.07, 6.45) is 3.54. The molecule has 0 saturated heterocycles. The molecule has 0 amide bonds. The molecule has 0 aliphatic rings. The molecular weight excluding hydrogens is 312 g/mol. The van der Waals surface area contributed by atoms with Crippen molar-refractivity contribution in [1.29, 1.82) is 0 Å². The Balaban J connectivity index is 2.04. The molecule has 0 aliphatic carbocycles. The minimum Gasteiger partial charge on any atom is -0.489 e. The SMILES string of the molecule is C=CCOc1ccccc1CN=C(NCC)NCc1ncccc1C. The monoisotopic (exact) mass is 338 g/mol. The second-order valence-electron chi connectivity index (χ2n) is 5.52. The molecule has 5 heteroatoms. The second-order valence-corrected chi connectivity index (χ2v) is 5.52. The van der Waals surface area contributed by atoms with Gasteiger partial charge in [-0.25, -0.2) is 4.99 Å². The molecule has 2 N–H and O–H groups in total. The highest BCUT2D eigenvalue weighted by Crippen LogP contribution is 2.18. The molecule has 0 bridgehead atoms. The summed E-state index contributed by atoms with van der Waals surface area (Å²) in [5.74, 6) is 1.59. The van der Waals surface area contributed by atoms with Gasteiger partial charge in [0.05, 0.1) is 18.8 Å². The molecule has 5 nitrogen and oxygen atoms in total. The van der Waals surface area contributed by atoms with Crippen LogP contribution in [-0.4, -0.2) is 24.1 Å². The molecule has 0 radical (unpaired) electrons. The van der Waals surface area contributed by atoms with Gasteiger partial charge >= 0.3 is 0 Å². The largest absolute Gasteiger partial charge is 0.489 e. The van der Waals surface area contributed by atoms with Gasteiger partial charge < -0.3 is 15.4 Å². The number of aryl methyl sites for hydroxylation is 1. The van der Waals surface area contributed by atoms with Crippen molar-refractivity contribution in [3.63, 3.8) is 0 Å². The molecule has 1 aromatic carbocycles. The van der Waals surface area contributed by atoms with Crippen molar-refractivity contribution in [2.45, 2.75) is 26.9 Å². The molecule has 0 fully saturated rings. The fourth-order valence-corrected chi connectivity index (χ4v) is 2.30. The Morgan fingerprint density at radius 2 is 2.08 bits per heavy atom. The van der Waals surface area contributed by atoms with E-state index in [9.17, 15) is 0 Å². The molecule has 25 heavy (non-hydrogen) atoms. The van der Waals surface area contributed by atoms with Crippen LogP contribution in [0.4, 0.5) is 0 Å². The van der Waals surface area contributed by atoms with Gasteiger partial charge in [-0.3, -0.25) is 4.98 Å². The predicted molar refractivity (Wildman–Crippen MR) is 103 cm³/mol. The zero-order chi connectivity index (χ0) is 17.9. The van der Waals surface area contributed by atoms with Crippen molar-refractivity contribution in [1.82, 2.24) is 15.6 Å². The lowest BCUT2D eigenvalue weighted by Crippen LogP contribution is -2.37. The van der Waals surface area contributed by atoms with E-state index in [0.717, 1.165) is 35.1 Å². The molecule has 132 valence electrons. The maximum atomic E-state index is 5.69. The van der Waals surface area contributed by atoms with E-state index in [0.29, 0.717) is 19.7 Å². The van der Waals surface area contributed by atoms with E-state index in [1.807, 2.05) is 37.3 Å². The maximum Gasteiger partial charge on any atom is 0.191 e. The molecule has 2 rings (SSSR count). The van der Waals surface area contributed by atoms with Crippen LogP contribution in [0.3, 0.4) is 0 Å². The Morgan fingerprint density at radius 3 is 2.84 bits per heavy atom. The molecule has 1 heterocycles. The van der Waals surface area contributed by atoms with Gasteiger partial charge in [-0.15, -0.1) is 0 Å². The predicted octanol–water partition coefficient (Wildman–Crippen LogP) is 3.21. The number of para-hydroxylation sites is 1. The number of hydrogen-bond acceptors (Lipinski definition) is 3. The van der Waals surface area contributed by atoms with Crippen molar-refractivity contribution < 1.29 is 4.74 Å². The number of nitrogens with zero attached hydrogens (tertiary/aromatic N) is 2. The summed E-state index contributed by atoms with van der Waals surface area (Å²) in [7, 11) is 0. The first kappa shape index (κ1) is 18.5. The van der Waals surface area contributed by atoms with Gasteiger partial charge in [-0.1, -0.05) is 36.9 Å². The minimum absolute atomic E-state index is 0.484. The van der Waals surface area contributed by atoms with Crippen molar-refractivity contribution in [2.24, 2.45) is 4.99 Å². The average Bonchev–Trinajstić information content (AvgIpc) is 2.64. The van der Waals surface area contributed by atoms with Crippen molar-refractivity contribution in [3.8, 4) is 5.75 Å². The number of aromatic nitrogens is 1. The number of nitrogens with one attached hydrogen (secondary N) is 2. The van der Waals surface area contributed by atoms with Crippen LogP contribution in [0, 0.1) is 6.92 Å². The number of pyridine rings is 1. The first-order valence-corrected chi connectivity index (χ1v) is 8.48. The normalized spacial score (nSPS) is 11.0. The number of aliphatic imine (C=N–C) groups is 1. The molecule has 0 saturated carbocycles. The zero-order valence-electron chi connectivity index (χ0n) is 15.0. The number of rotatable bonds is 8. The third-order valence-electron chi connectivity index (χ3n) is 3.62. The highest BCUT2D eigenvalue weighted by atomic mass is 16.5. The second kappa shape index (κ2) is 10.1. The van der Waals surface area contributed by atoms with Crippen LogP contribution in [0.5, 0.6) is 5.75 Å². The molecular formula is C20H26N4O. The van der Waals surface area contributed by atoms with Gasteiger partial charge in [-0.2, -0.15) is 0 Å². The standard InChI is InChI=1S/C20H26N4O/c1-4-13-25-19-11-7-6-10-17(19)14-23-20(21-5-2)24-15-18-16(3)9-8-12-22-18/h4,6-12H,1,5,13-15H2,2-3H3,(H2,21,23,24). The van der Waals surface area contributed by atoms with E-state index < -0.39 is 0 Å². The quantitative estimate of drug-likeness (QED) is 0.441. The van der Waals surface area contributed by atoms with E-state index in [1.165, 1.54) is 0 Å². The van der Waals surface area contributed by atoms with Crippen LogP contribution in [-0.2, 0) is 13.1 Å². The summed E-state index contributed by atoms with van der Waals surface area (Å²) < 4.78 is 5.69. The molecule has 0 unspecified atom stereocenters. The smallest absolute Gasteiger partial charge is 0.191 e. The van der Waals surface area contributed by atoms with Gasteiger partial charge in [0, 0.05) is 18.3 Å². The summed E-state index contributed by atoms with van der Waals surface area (Å²) in [5, 5.41) is 6.59. The fourth-order valence-electron chi connectivity index (χ4n) is 2.30. The van der Waals surface area contributed by atoms with Gasteiger partial charge in [0.15, 0.2) is 5.96 Å². The highest BCUT2D eigenvalue weighted by Gasteiger charge is 2.04. The van der Waals surface area contributed by atoms with Crippen LogP contribution in [0.1, 0.15) is 23.7 Å². The van der Waals surface area contributed by atoms with Gasteiger partial charge in [-0.05, 0) is 31.5 Å². The Morgan fingerprint density at radius 1 is 1.24 bits per heavy atom. The Hall–Kier alpha value is -2.82. The Labute approximate surface area is 149 Å². The Kier molecular flexibility index (Phi) is 7.50. The van der Waals surface area contributed by atoms with Crippen molar-refractivity contribution >= 4 is 5.96 Å². The van der Waals surface area contributed by atoms with Crippen molar-refractivity contribution in [3.05, 3.63) is 72.1 Å². The summed E-state index contributed by atoms with van der Waals surface area (Å²) >= 11 is 0. The number of benzene rings is 1. The van der Waals surface area contributed by atoms with Crippen LogP contribution in [0.15, 0.2) is 60.2 Å². The highest BCUT2D eigenvalue weighted by molar-refractivity contribution is 5.79. The van der Waals surface area contributed by atoms with Crippen LogP contribution >= 0.6 is 0 Å². The summed E-state index contributed by atoms with van der Waals surface area (Å²) in [6.45, 7) is 10.2. The maximum absolute atomic E-state index is 5.69. The minimum atomic E-state index is 0.484. The van der Waals surface area contributed by atoms with E-state index >= 15 is 0 Å². The molecule has 0 aliphatic heterocycles. The number of ether oxygens (including phenoxy) is 1. The number of hydrogen-bond donors (Lipinski definition) is 2. The Bertz CT molecular complexity index is 712. The van der Waals surface area contributed by atoms with Gasteiger partial charge in [0.1, 0.15) is 12.4 Å². The third kappa shape index (κ3) is 5.95. The molecule has 0 atom stereocenters. The van der Waals surface area contributed by atoms with E-state index in [1.54, 1.807) is 12.3 Å². The lowest BCUT2D eigenvalue weighted by Gasteiger charge is -2.13. The fraction of sp³-hybridized carbons (Fsp3) is 0.300. The molecule has 0 spiro atoms. The van der Waals surface area contributed by atoms with Crippen LogP contribution in [0.2, 0.25) is 0 Å². The molecule has 2 aromatic rings. The van der Waals surface area contributed by atoms with E-state index in [-0.39, 0.29) is 0 Å². The van der Waals surface area contributed by atoms with Gasteiger partial charge in [0.25, 0.3) is 0 Å². The first-order valence-electron chi connectivity index (χ1n) is 8.48. The van der Waals surface area contributed by atoms with Crippen LogP contribution < -0.4 is 15.4 Å². The average molecular weight is 338 g/mol. The van der Waals surface area contributed by atoms with Crippen LogP contribution in [0.25, 0.3) is 0 Å². The van der Waals surface area contributed by atoms with E-state index in [2.05, 4.69) is 40.2 Å². The summed E-state index contributed by atoms with van der Waals surface area (Å²) in [6, 6.07) is 11.9. The lowest BCUT2D eigenvalue weighted by atomic mass is 10.2.